The van der Waals surface area contributed by atoms with E-state index in [1.165, 1.54) is 12.8 Å². The van der Waals surface area contributed by atoms with Crippen LogP contribution in [0.3, 0.4) is 0 Å². The zero-order valence-corrected chi connectivity index (χ0v) is 10.9. The second kappa shape index (κ2) is 9.02. The molecular weight excluding hydrogens is 210 g/mol. The highest BCUT2D eigenvalue weighted by atomic mass is 35.5. The molecule has 0 aromatic rings. The third kappa shape index (κ3) is 6.77. The van der Waals surface area contributed by atoms with Crippen molar-refractivity contribution in [3.8, 4) is 0 Å². The molecule has 0 aliphatic heterocycles. The number of rotatable bonds is 8. The maximum Gasteiger partial charge on any atom is 0.224 e. The normalized spacial score (nSPS) is 14.7. The second-order valence-electron chi connectivity index (χ2n) is 4.19. The number of carbonyl (C=O) groups excluding carboxylic acids is 1. The first-order valence-electron chi connectivity index (χ1n) is 6.02. The number of amides is 1. The van der Waals surface area contributed by atoms with Crippen molar-refractivity contribution in [2.24, 2.45) is 5.92 Å². The first-order chi connectivity index (χ1) is 7.15. The average molecular weight is 234 g/mol. The zero-order valence-electron chi connectivity index (χ0n) is 10.2. The van der Waals surface area contributed by atoms with Gasteiger partial charge in [-0.05, 0) is 12.8 Å². The van der Waals surface area contributed by atoms with E-state index in [2.05, 4.69) is 19.2 Å². The van der Waals surface area contributed by atoms with Gasteiger partial charge < -0.3 is 5.32 Å². The SMILES string of the molecule is CCCCC(CCC)NC(=O)C(C)CCl. The molecule has 0 bridgehead atoms. The van der Waals surface area contributed by atoms with Gasteiger partial charge >= 0.3 is 0 Å². The van der Waals surface area contributed by atoms with Gasteiger partial charge in [0.05, 0.1) is 0 Å². The van der Waals surface area contributed by atoms with Crippen molar-refractivity contribution in [2.75, 3.05) is 5.88 Å². The number of nitrogens with one attached hydrogen (secondary N) is 1. The van der Waals surface area contributed by atoms with Gasteiger partial charge in [-0.2, -0.15) is 0 Å². The number of alkyl halides is 1. The van der Waals surface area contributed by atoms with Crippen molar-refractivity contribution >= 4 is 17.5 Å². The molecule has 90 valence electrons. The molecule has 3 heteroatoms. The van der Waals surface area contributed by atoms with Gasteiger partial charge in [0.25, 0.3) is 0 Å². The molecule has 15 heavy (non-hydrogen) atoms. The van der Waals surface area contributed by atoms with E-state index in [1.807, 2.05) is 6.92 Å². The predicted octanol–water partition coefficient (Wildman–Crippen LogP) is 3.34. The molecule has 0 heterocycles. The number of halogens is 1. The molecule has 0 aromatic heterocycles. The summed E-state index contributed by atoms with van der Waals surface area (Å²) >= 11 is 5.65. The monoisotopic (exact) mass is 233 g/mol. The zero-order chi connectivity index (χ0) is 11.7. The smallest absolute Gasteiger partial charge is 0.224 e. The Morgan fingerprint density at radius 1 is 1.27 bits per heavy atom. The van der Waals surface area contributed by atoms with Crippen molar-refractivity contribution < 1.29 is 4.79 Å². The van der Waals surface area contributed by atoms with E-state index in [1.54, 1.807) is 0 Å². The molecule has 0 radical (unpaired) electrons. The van der Waals surface area contributed by atoms with E-state index in [9.17, 15) is 4.79 Å². The van der Waals surface area contributed by atoms with Crippen LogP contribution in [0, 0.1) is 5.92 Å². The molecule has 0 saturated carbocycles. The summed E-state index contributed by atoms with van der Waals surface area (Å²) in [5.74, 6) is 0.422. The molecule has 2 unspecified atom stereocenters. The van der Waals surface area contributed by atoms with E-state index in [4.69, 9.17) is 11.6 Å². The second-order valence-corrected chi connectivity index (χ2v) is 4.50. The van der Waals surface area contributed by atoms with Crippen molar-refractivity contribution in [3.63, 3.8) is 0 Å². The molecule has 0 fully saturated rings. The van der Waals surface area contributed by atoms with Crippen molar-refractivity contribution in [2.45, 2.75) is 58.9 Å². The van der Waals surface area contributed by atoms with Gasteiger partial charge in [-0.3, -0.25) is 4.79 Å². The van der Waals surface area contributed by atoms with Crippen molar-refractivity contribution in [1.82, 2.24) is 5.32 Å². The third-order valence-electron chi connectivity index (χ3n) is 2.57. The molecule has 0 saturated heterocycles. The van der Waals surface area contributed by atoms with Gasteiger partial charge in [-0.15, -0.1) is 11.6 Å². The fraction of sp³-hybridized carbons (Fsp3) is 0.917. The van der Waals surface area contributed by atoms with Gasteiger partial charge in [0, 0.05) is 17.8 Å². The lowest BCUT2D eigenvalue weighted by atomic mass is 10.0. The van der Waals surface area contributed by atoms with Crippen molar-refractivity contribution in [1.29, 1.82) is 0 Å². The van der Waals surface area contributed by atoms with Gasteiger partial charge in [0.2, 0.25) is 5.91 Å². The lowest BCUT2D eigenvalue weighted by Crippen LogP contribution is -2.38. The minimum atomic E-state index is -0.0763. The van der Waals surface area contributed by atoms with Crippen LogP contribution in [0.25, 0.3) is 0 Å². The molecular formula is C12H24ClNO. The molecule has 1 amide bonds. The van der Waals surface area contributed by atoms with Crippen LogP contribution in [0.15, 0.2) is 0 Å². The number of hydrogen-bond acceptors (Lipinski definition) is 1. The lowest BCUT2D eigenvalue weighted by Gasteiger charge is -2.19. The highest BCUT2D eigenvalue weighted by Crippen LogP contribution is 2.08. The fourth-order valence-electron chi connectivity index (χ4n) is 1.50. The molecule has 1 N–H and O–H groups in total. The van der Waals surface area contributed by atoms with E-state index in [0.717, 1.165) is 19.3 Å². The average Bonchev–Trinajstić information content (AvgIpc) is 2.24. The maximum absolute atomic E-state index is 11.6. The van der Waals surface area contributed by atoms with Crippen LogP contribution in [0.2, 0.25) is 0 Å². The fourth-order valence-corrected chi connectivity index (χ4v) is 1.64. The summed E-state index contributed by atoms with van der Waals surface area (Å²) in [6, 6.07) is 0.341. The van der Waals surface area contributed by atoms with E-state index in [0.29, 0.717) is 11.9 Å². The first kappa shape index (κ1) is 14.8. The Bertz CT molecular complexity index is 173. The van der Waals surface area contributed by atoms with Crippen LogP contribution >= 0.6 is 11.6 Å². The van der Waals surface area contributed by atoms with E-state index >= 15 is 0 Å². The summed E-state index contributed by atoms with van der Waals surface area (Å²) in [4.78, 5) is 11.6. The van der Waals surface area contributed by atoms with Gasteiger partial charge in [0.1, 0.15) is 0 Å². The largest absolute Gasteiger partial charge is 0.353 e. The lowest BCUT2D eigenvalue weighted by molar-refractivity contribution is -0.124. The van der Waals surface area contributed by atoms with Gasteiger partial charge in [-0.25, -0.2) is 0 Å². The van der Waals surface area contributed by atoms with Crippen LogP contribution < -0.4 is 5.32 Å². The third-order valence-corrected chi connectivity index (χ3v) is 3.03. The molecule has 0 spiro atoms. The van der Waals surface area contributed by atoms with Gasteiger partial charge in [0.15, 0.2) is 0 Å². The predicted molar refractivity (Wildman–Crippen MR) is 66.2 cm³/mol. The molecule has 0 aliphatic rings. The van der Waals surface area contributed by atoms with Crippen LogP contribution in [0.5, 0.6) is 0 Å². The summed E-state index contributed by atoms with van der Waals surface area (Å²) < 4.78 is 0. The Morgan fingerprint density at radius 3 is 2.40 bits per heavy atom. The highest BCUT2D eigenvalue weighted by Gasteiger charge is 2.15. The summed E-state index contributed by atoms with van der Waals surface area (Å²) in [7, 11) is 0. The van der Waals surface area contributed by atoms with Crippen LogP contribution in [-0.4, -0.2) is 17.8 Å². The quantitative estimate of drug-likeness (QED) is 0.641. The van der Waals surface area contributed by atoms with Crippen molar-refractivity contribution in [3.05, 3.63) is 0 Å². The Labute approximate surface area is 98.8 Å². The standard InChI is InChI=1S/C12H24ClNO/c1-4-6-8-11(7-5-2)14-12(15)10(3)9-13/h10-11H,4-9H2,1-3H3,(H,14,15). The molecule has 0 rings (SSSR count). The minimum absolute atomic E-state index is 0.0763. The summed E-state index contributed by atoms with van der Waals surface area (Å²) in [6.07, 6.45) is 5.64. The number of hydrogen-bond donors (Lipinski definition) is 1. The summed E-state index contributed by atoms with van der Waals surface area (Å²) in [6.45, 7) is 6.19. The minimum Gasteiger partial charge on any atom is -0.353 e. The summed E-state index contributed by atoms with van der Waals surface area (Å²) in [5.41, 5.74) is 0. The Morgan fingerprint density at radius 2 is 1.93 bits per heavy atom. The molecule has 2 atom stereocenters. The molecule has 0 aromatic carbocycles. The van der Waals surface area contributed by atoms with Crippen LogP contribution in [-0.2, 0) is 4.79 Å². The van der Waals surface area contributed by atoms with E-state index in [-0.39, 0.29) is 11.8 Å². The molecule has 2 nitrogen and oxygen atoms in total. The Balaban J connectivity index is 3.97. The van der Waals surface area contributed by atoms with E-state index < -0.39 is 0 Å². The van der Waals surface area contributed by atoms with Crippen LogP contribution in [0.1, 0.15) is 52.9 Å². The first-order valence-corrected chi connectivity index (χ1v) is 6.55. The van der Waals surface area contributed by atoms with Gasteiger partial charge in [-0.1, -0.05) is 40.0 Å². The number of carbonyl (C=O) groups is 1. The summed E-state index contributed by atoms with van der Waals surface area (Å²) in [5, 5.41) is 3.08. The maximum atomic E-state index is 11.6. The van der Waals surface area contributed by atoms with Crippen LogP contribution in [0.4, 0.5) is 0 Å². The Kier molecular flexibility index (Phi) is 8.88. The Hall–Kier alpha value is -0.240. The molecule has 0 aliphatic carbocycles. The topological polar surface area (TPSA) is 29.1 Å². The highest BCUT2D eigenvalue weighted by molar-refractivity contribution is 6.19. The number of unbranched alkanes of at least 4 members (excludes halogenated alkanes) is 1.